The maximum atomic E-state index is 3.49. The molecule has 0 radical (unpaired) electrons. The highest BCUT2D eigenvalue weighted by atomic mass is 79.9. The topological polar surface area (TPSA) is 12.0 Å². The number of benzene rings is 1. The highest BCUT2D eigenvalue weighted by Crippen LogP contribution is 2.21. The summed E-state index contributed by atoms with van der Waals surface area (Å²) < 4.78 is 1.15. The first kappa shape index (κ1) is 12.1. The molecule has 1 N–H and O–H groups in total. The van der Waals surface area contributed by atoms with Gasteiger partial charge < -0.3 is 5.32 Å². The molecule has 1 rings (SSSR count). The van der Waals surface area contributed by atoms with Crippen LogP contribution < -0.4 is 5.32 Å². The Labute approximate surface area is 98.8 Å². The minimum absolute atomic E-state index is 0.472. The molecule has 1 nitrogen and oxygen atoms in total. The van der Waals surface area contributed by atoms with Crippen LogP contribution in [0.2, 0.25) is 0 Å². The molecule has 0 amide bonds. The van der Waals surface area contributed by atoms with Crippen LogP contribution >= 0.6 is 27.7 Å². The molecule has 0 saturated heterocycles. The number of rotatable bonds is 5. The van der Waals surface area contributed by atoms with Gasteiger partial charge >= 0.3 is 0 Å². The summed E-state index contributed by atoms with van der Waals surface area (Å²) in [5, 5.41) is 3.35. The van der Waals surface area contributed by atoms with Crippen molar-refractivity contribution in [3.63, 3.8) is 0 Å². The van der Waals surface area contributed by atoms with Crippen LogP contribution in [0, 0.1) is 0 Å². The Kier molecular flexibility index (Phi) is 5.60. The van der Waals surface area contributed by atoms with Crippen molar-refractivity contribution in [2.75, 3.05) is 19.1 Å². The van der Waals surface area contributed by atoms with Crippen LogP contribution in [0.4, 0.5) is 0 Å². The molecule has 3 heteroatoms. The molecule has 0 spiro atoms. The van der Waals surface area contributed by atoms with Gasteiger partial charge in [-0.2, -0.15) is 11.8 Å². The van der Waals surface area contributed by atoms with Crippen molar-refractivity contribution in [1.29, 1.82) is 0 Å². The predicted octanol–water partition coefficient (Wildman–Crippen LogP) is 3.46. The van der Waals surface area contributed by atoms with E-state index in [-0.39, 0.29) is 0 Å². The lowest BCUT2D eigenvalue weighted by atomic mass is 10.1. The maximum Gasteiger partial charge on any atom is 0.0325 e. The van der Waals surface area contributed by atoms with E-state index >= 15 is 0 Å². The minimum atomic E-state index is 0.472. The summed E-state index contributed by atoms with van der Waals surface area (Å²) in [6.07, 6.45) is 3.32. The highest BCUT2D eigenvalue weighted by Gasteiger charge is 2.08. The van der Waals surface area contributed by atoms with E-state index in [2.05, 4.69) is 51.8 Å². The van der Waals surface area contributed by atoms with E-state index in [1.54, 1.807) is 0 Å². The van der Waals surface area contributed by atoms with Gasteiger partial charge in [-0.15, -0.1) is 0 Å². The zero-order chi connectivity index (χ0) is 10.4. The molecule has 0 aliphatic carbocycles. The Hall–Kier alpha value is 0.01000. The molecular formula is C11H16BrNS. The third kappa shape index (κ3) is 3.64. The molecule has 1 aromatic carbocycles. The molecule has 0 bridgehead atoms. The lowest BCUT2D eigenvalue weighted by molar-refractivity contribution is 0.581. The number of hydrogen-bond donors (Lipinski definition) is 1. The van der Waals surface area contributed by atoms with Crippen molar-refractivity contribution in [2.45, 2.75) is 12.5 Å². The molecule has 1 atom stereocenters. The highest BCUT2D eigenvalue weighted by molar-refractivity contribution is 9.10. The van der Waals surface area contributed by atoms with Crippen LogP contribution in [-0.2, 0) is 0 Å². The Morgan fingerprint density at radius 2 is 2.29 bits per heavy atom. The largest absolute Gasteiger partial charge is 0.313 e. The number of halogens is 1. The Balaban J connectivity index is 2.68. The van der Waals surface area contributed by atoms with Crippen molar-refractivity contribution in [3.05, 3.63) is 34.3 Å². The second kappa shape index (κ2) is 6.49. The summed E-state index contributed by atoms with van der Waals surface area (Å²) in [6.45, 7) is 0. The van der Waals surface area contributed by atoms with E-state index < -0.39 is 0 Å². The average Bonchev–Trinajstić information content (AvgIpc) is 2.19. The second-order valence-electron chi connectivity index (χ2n) is 3.18. The first-order chi connectivity index (χ1) is 6.77. The van der Waals surface area contributed by atoms with E-state index in [9.17, 15) is 0 Å². The normalized spacial score (nSPS) is 12.8. The fourth-order valence-corrected chi connectivity index (χ4v) is 2.33. The maximum absolute atomic E-state index is 3.49. The molecule has 0 aromatic heterocycles. The van der Waals surface area contributed by atoms with Crippen LogP contribution in [0.3, 0.4) is 0 Å². The molecule has 14 heavy (non-hydrogen) atoms. The quantitative estimate of drug-likeness (QED) is 0.882. The number of hydrogen-bond acceptors (Lipinski definition) is 2. The van der Waals surface area contributed by atoms with Gasteiger partial charge in [-0.1, -0.05) is 28.1 Å². The minimum Gasteiger partial charge on any atom is -0.313 e. The van der Waals surface area contributed by atoms with Gasteiger partial charge in [0.05, 0.1) is 0 Å². The monoisotopic (exact) mass is 273 g/mol. The molecule has 0 aliphatic rings. The summed E-state index contributed by atoms with van der Waals surface area (Å²) in [5.74, 6) is 1.19. The average molecular weight is 274 g/mol. The zero-order valence-electron chi connectivity index (χ0n) is 8.59. The van der Waals surface area contributed by atoms with Crippen molar-refractivity contribution < 1.29 is 0 Å². The lowest BCUT2D eigenvalue weighted by Gasteiger charge is -2.16. The fraction of sp³-hybridized carbons (Fsp3) is 0.455. The van der Waals surface area contributed by atoms with Crippen molar-refractivity contribution in [1.82, 2.24) is 5.32 Å². The van der Waals surface area contributed by atoms with Crippen LogP contribution in [-0.4, -0.2) is 19.1 Å². The first-order valence-electron chi connectivity index (χ1n) is 4.69. The molecule has 0 saturated carbocycles. The number of nitrogens with one attached hydrogen (secondary N) is 1. The Morgan fingerprint density at radius 3 is 2.86 bits per heavy atom. The predicted molar refractivity (Wildman–Crippen MR) is 68.9 cm³/mol. The van der Waals surface area contributed by atoms with Gasteiger partial charge in [-0.3, -0.25) is 0 Å². The van der Waals surface area contributed by atoms with E-state index in [0.717, 1.165) is 4.47 Å². The molecule has 0 aliphatic heterocycles. The van der Waals surface area contributed by atoms with Crippen molar-refractivity contribution >= 4 is 27.7 Å². The van der Waals surface area contributed by atoms with Gasteiger partial charge in [0, 0.05) is 10.5 Å². The van der Waals surface area contributed by atoms with Crippen LogP contribution in [0.25, 0.3) is 0 Å². The Morgan fingerprint density at radius 1 is 1.50 bits per heavy atom. The summed E-state index contributed by atoms with van der Waals surface area (Å²) in [6, 6.07) is 8.97. The van der Waals surface area contributed by atoms with Gasteiger partial charge in [-0.05, 0) is 43.2 Å². The van der Waals surface area contributed by atoms with E-state index in [1.165, 1.54) is 17.7 Å². The summed E-state index contributed by atoms with van der Waals surface area (Å²) in [4.78, 5) is 0. The van der Waals surface area contributed by atoms with Gasteiger partial charge in [0.15, 0.2) is 0 Å². The van der Waals surface area contributed by atoms with Gasteiger partial charge in [0.25, 0.3) is 0 Å². The zero-order valence-corrected chi connectivity index (χ0v) is 11.0. The van der Waals surface area contributed by atoms with Crippen LogP contribution in [0.5, 0.6) is 0 Å². The lowest BCUT2D eigenvalue weighted by Crippen LogP contribution is -2.16. The van der Waals surface area contributed by atoms with E-state index in [0.29, 0.717) is 6.04 Å². The van der Waals surface area contributed by atoms with Crippen molar-refractivity contribution in [3.8, 4) is 0 Å². The molecule has 1 unspecified atom stereocenters. The number of thioether (sulfide) groups is 1. The summed E-state index contributed by atoms with van der Waals surface area (Å²) >= 11 is 5.39. The Bertz CT molecular complexity index is 278. The summed E-state index contributed by atoms with van der Waals surface area (Å²) in [7, 11) is 2.02. The third-order valence-corrected chi connectivity index (χ3v) is 3.35. The van der Waals surface area contributed by atoms with E-state index in [4.69, 9.17) is 0 Å². The van der Waals surface area contributed by atoms with Gasteiger partial charge in [0.1, 0.15) is 0 Å². The first-order valence-corrected chi connectivity index (χ1v) is 6.88. The summed E-state index contributed by atoms with van der Waals surface area (Å²) in [5.41, 5.74) is 1.36. The van der Waals surface area contributed by atoms with Gasteiger partial charge in [-0.25, -0.2) is 0 Å². The standard InChI is InChI=1S/C11H16BrNS/c1-13-11(6-7-14-2)9-4-3-5-10(12)8-9/h3-5,8,11,13H,6-7H2,1-2H3. The van der Waals surface area contributed by atoms with Crippen LogP contribution in [0.1, 0.15) is 18.0 Å². The van der Waals surface area contributed by atoms with Gasteiger partial charge in [0.2, 0.25) is 0 Å². The molecule has 1 aromatic rings. The molecule has 78 valence electrons. The van der Waals surface area contributed by atoms with Crippen molar-refractivity contribution in [2.24, 2.45) is 0 Å². The molecule has 0 heterocycles. The second-order valence-corrected chi connectivity index (χ2v) is 5.08. The fourth-order valence-electron chi connectivity index (χ4n) is 1.44. The van der Waals surface area contributed by atoms with E-state index in [1.807, 2.05) is 18.8 Å². The van der Waals surface area contributed by atoms with Crippen LogP contribution in [0.15, 0.2) is 28.7 Å². The SMILES string of the molecule is CNC(CCSC)c1cccc(Br)c1. The molecular weight excluding hydrogens is 258 g/mol. The molecule has 0 fully saturated rings. The smallest absolute Gasteiger partial charge is 0.0325 e. The third-order valence-electron chi connectivity index (χ3n) is 2.21.